The first-order chi connectivity index (χ1) is 14.6. The second kappa shape index (κ2) is 8.75. The summed E-state index contributed by atoms with van der Waals surface area (Å²) in [5, 5.41) is 25.4. The number of hydrogen-bond acceptors (Lipinski definition) is 7. The van der Waals surface area contributed by atoms with Gasteiger partial charge in [0.05, 0.1) is 10.7 Å². The second-order valence-electron chi connectivity index (χ2n) is 6.23. The zero-order valence-corrected chi connectivity index (χ0v) is 17.1. The number of anilines is 1. The summed E-state index contributed by atoms with van der Waals surface area (Å²) in [5.41, 5.74) is -0.600. The summed E-state index contributed by atoms with van der Waals surface area (Å²) >= 11 is 1.05. The van der Waals surface area contributed by atoms with Crippen molar-refractivity contribution in [3.8, 4) is 11.5 Å². The Kier molecular flexibility index (Phi) is 6.29. The normalized spacial score (nSPS) is 11.5. The van der Waals surface area contributed by atoms with Gasteiger partial charge >= 0.3 is 6.18 Å². The van der Waals surface area contributed by atoms with Crippen LogP contribution in [0.15, 0.2) is 35.5 Å². The standard InChI is InChI=1S/C17H16F3N7O3S/c1-3-26-15(12-8-13(17(18,19)20)25(2)24-12)22-23-16(26)31-9-14(28)21-10-4-6-11(7-5-10)27(29)30/h4-8H,3,9H2,1-2H3,(H,21,28). The number of non-ortho nitro benzene ring substituents is 1. The monoisotopic (exact) mass is 455 g/mol. The number of hydrogen-bond donors (Lipinski definition) is 1. The van der Waals surface area contributed by atoms with Crippen molar-refractivity contribution in [2.75, 3.05) is 11.1 Å². The van der Waals surface area contributed by atoms with Crippen LogP contribution >= 0.6 is 11.8 Å². The number of carbonyl (C=O) groups is 1. The van der Waals surface area contributed by atoms with Crippen LogP contribution in [0.4, 0.5) is 24.5 Å². The summed E-state index contributed by atoms with van der Waals surface area (Å²) in [7, 11) is 1.19. The predicted molar refractivity (Wildman–Crippen MR) is 105 cm³/mol. The van der Waals surface area contributed by atoms with Crippen molar-refractivity contribution in [2.24, 2.45) is 7.05 Å². The molecule has 0 aliphatic heterocycles. The SMILES string of the molecule is CCn1c(SCC(=O)Nc2ccc([N+](=O)[O-])cc2)nnc1-c1cc(C(F)(F)F)n(C)n1. The van der Waals surface area contributed by atoms with E-state index in [2.05, 4.69) is 20.6 Å². The van der Waals surface area contributed by atoms with Crippen molar-refractivity contribution in [3.63, 3.8) is 0 Å². The van der Waals surface area contributed by atoms with E-state index in [0.717, 1.165) is 22.5 Å². The van der Waals surface area contributed by atoms with Crippen molar-refractivity contribution in [2.45, 2.75) is 24.8 Å². The Labute approximate surface area is 177 Å². The third-order valence-corrected chi connectivity index (χ3v) is 5.09. The number of thioether (sulfide) groups is 1. The molecule has 10 nitrogen and oxygen atoms in total. The number of amides is 1. The van der Waals surface area contributed by atoms with Crippen molar-refractivity contribution in [1.82, 2.24) is 24.5 Å². The van der Waals surface area contributed by atoms with E-state index in [9.17, 15) is 28.1 Å². The van der Waals surface area contributed by atoms with Gasteiger partial charge in [0.2, 0.25) is 5.91 Å². The first-order valence-electron chi connectivity index (χ1n) is 8.82. The topological polar surface area (TPSA) is 121 Å². The fraction of sp³-hybridized carbons (Fsp3) is 0.294. The number of aromatic nitrogens is 5. The molecule has 0 atom stereocenters. The zero-order chi connectivity index (χ0) is 22.8. The fourth-order valence-electron chi connectivity index (χ4n) is 2.71. The van der Waals surface area contributed by atoms with Crippen LogP contribution in [0.5, 0.6) is 0 Å². The van der Waals surface area contributed by atoms with Gasteiger partial charge < -0.3 is 9.88 Å². The van der Waals surface area contributed by atoms with E-state index < -0.39 is 16.8 Å². The van der Waals surface area contributed by atoms with Gasteiger partial charge in [-0.2, -0.15) is 18.3 Å². The largest absolute Gasteiger partial charge is 0.433 e. The Morgan fingerprint density at radius 2 is 1.94 bits per heavy atom. The number of nitrogens with one attached hydrogen (secondary N) is 1. The maximum Gasteiger partial charge on any atom is 0.433 e. The zero-order valence-electron chi connectivity index (χ0n) is 16.3. The Morgan fingerprint density at radius 1 is 1.26 bits per heavy atom. The summed E-state index contributed by atoms with van der Waals surface area (Å²) in [6.07, 6.45) is -4.55. The smallest absolute Gasteiger partial charge is 0.325 e. The highest BCUT2D eigenvalue weighted by molar-refractivity contribution is 7.99. The van der Waals surface area contributed by atoms with Crippen molar-refractivity contribution in [3.05, 3.63) is 46.1 Å². The van der Waals surface area contributed by atoms with E-state index >= 15 is 0 Å². The maximum atomic E-state index is 13.0. The number of rotatable bonds is 7. The van der Waals surface area contributed by atoms with Gasteiger partial charge in [-0.15, -0.1) is 10.2 Å². The van der Waals surface area contributed by atoms with Gasteiger partial charge in [0.1, 0.15) is 11.4 Å². The van der Waals surface area contributed by atoms with Gasteiger partial charge in [0, 0.05) is 31.4 Å². The Bertz CT molecular complexity index is 1110. The van der Waals surface area contributed by atoms with Crippen LogP contribution in [-0.2, 0) is 24.6 Å². The maximum absolute atomic E-state index is 13.0. The first kappa shape index (κ1) is 22.3. The van der Waals surface area contributed by atoms with Crippen LogP contribution in [0.3, 0.4) is 0 Å². The van der Waals surface area contributed by atoms with Crippen LogP contribution in [0.1, 0.15) is 12.6 Å². The minimum Gasteiger partial charge on any atom is -0.325 e. The molecule has 31 heavy (non-hydrogen) atoms. The minimum atomic E-state index is -4.55. The molecule has 1 aromatic carbocycles. The third kappa shape index (κ3) is 5.02. The predicted octanol–water partition coefficient (Wildman–Crippen LogP) is 3.36. The minimum absolute atomic E-state index is 0.0198. The third-order valence-electron chi connectivity index (χ3n) is 4.13. The molecule has 2 aromatic heterocycles. The van der Waals surface area contributed by atoms with E-state index in [0.29, 0.717) is 17.4 Å². The second-order valence-corrected chi connectivity index (χ2v) is 7.17. The number of alkyl halides is 3. The van der Waals surface area contributed by atoms with Gasteiger partial charge in [-0.1, -0.05) is 11.8 Å². The van der Waals surface area contributed by atoms with E-state index in [1.807, 2.05) is 0 Å². The molecule has 2 heterocycles. The summed E-state index contributed by atoms with van der Waals surface area (Å²) in [6.45, 7) is 2.12. The highest BCUT2D eigenvalue weighted by Crippen LogP contribution is 2.32. The lowest BCUT2D eigenvalue weighted by atomic mass is 10.3. The number of carbonyl (C=O) groups excluding carboxylic acids is 1. The quantitative estimate of drug-likeness (QED) is 0.329. The van der Waals surface area contributed by atoms with Gasteiger partial charge in [-0.25, -0.2) is 0 Å². The number of aryl methyl sites for hydroxylation is 1. The average molecular weight is 455 g/mol. The lowest BCUT2D eigenvalue weighted by Crippen LogP contribution is -2.14. The van der Waals surface area contributed by atoms with Crippen LogP contribution in [-0.4, -0.2) is 41.1 Å². The average Bonchev–Trinajstić information content (AvgIpc) is 3.29. The highest BCUT2D eigenvalue weighted by Gasteiger charge is 2.35. The lowest BCUT2D eigenvalue weighted by Gasteiger charge is -2.07. The molecule has 0 aliphatic rings. The molecule has 1 N–H and O–H groups in total. The number of nitrogens with zero attached hydrogens (tertiary/aromatic N) is 6. The van der Waals surface area contributed by atoms with Gasteiger partial charge in [-0.05, 0) is 25.1 Å². The molecule has 0 fully saturated rings. The summed E-state index contributed by atoms with van der Waals surface area (Å²) in [4.78, 5) is 22.3. The molecule has 1 amide bonds. The van der Waals surface area contributed by atoms with Crippen LogP contribution in [0.25, 0.3) is 11.5 Å². The Morgan fingerprint density at radius 3 is 2.48 bits per heavy atom. The van der Waals surface area contributed by atoms with Crippen molar-refractivity contribution >= 4 is 29.0 Å². The number of benzene rings is 1. The summed E-state index contributed by atoms with van der Waals surface area (Å²) < 4.78 is 41.4. The summed E-state index contributed by atoms with van der Waals surface area (Å²) in [6, 6.07) is 6.25. The molecule has 3 rings (SSSR count). The van der Waals surface area contributed by atoms with Crippen LogP contribution < -0.4 is 5.32 Å². The fourth-order valence-corrected chi connectivity index (χ4v) is 3.51. The molecule has 0 bridgehead atoms. The molecule has 0 saturated heterocycles. The molecule has 0 unspecified atom stereocenters. The molecule has 0 saturated carbocycles. The number of nitro benzene ring substituents is 1. The van der Waals surface area contributed by atoms with Crippen molar-refractivity contribution < 1.29 is 22.9 Å². The molecule has 0 aliphatic carbocycles. The summed E-state index contributed by atoms with van der Waals surface area (Å²) in [5.74, 6) is -0.277. The number of nitro groups is 1. The molecule has 0 radical (unpaired) electrons. The molecular formula is C17H16F3N7O3S. The molecular weight excluding hydrogens is 439 g/mol. The highest BCUT2D eigenvalue weighted by atomic mass is 32.2. The van der Waals surface area contributed by atoms with E-state index in [1.165, 1.54) is 31.3 Å². The van der Waals surface area contributed by atoms with Gasteiger partial charge in [0.15, 0.2) is 11.0 Å². The van der Waals surface area contributed by atoms with Crippen LogP contribution in [0, 0.1) is 10.1 Å². The lowest BCUT2D eigenvalue weighted by molar-refractivity contribution is -0.384. The first-order valence-corrected chi connectivity index (χ1v) is 9.80. The molecule has 164 valence electrons. The Balaban J connectivity index is 1.70. The van der Waals surface area contributed by atoms with E-state index in [-0.39, 0.29) is 28.9 Å². The Hall–Kier alpha value is -3.42. The molecule has 14 heteroatoms. The van der Waals surface area contributed by atoms with E-state index in [1.54, 1.807) is 11.5 Å². The van der Waals surface area contributed by atoms with Gasteiger partial charge in [-0.3, -0.25) is 19.6 Å². The van der Waals surface area contributed by atoms with Gasteiger partial charge in [0.25, 0.3) is 5.69 Å². The molecule has 3 aromatic rings. The number of halogens is 3. The molecule has 0 spiro atoms. The van der Waals surface area contributed by atoms with Crippen molar-refractivity contribution in [1.29, 1.82) is 0 Å². The van der Waals surface area contributed by atoms with Crippen LogP contribution in [0.2, 0.25) is 0 Å². The van der Waals surface area contributed by atoms with E-state index in [4.69, 9.17) is 0 Å².